The molecule has 2 N–H and O–H groups in total. The number of amides is 1. The fraction of sp³-hybridized carbons (Fsp3) is 0.588. The third kappa shape index (κ3) is 4.22. The Hall–Kier alpha value is -1.55. The van der Waals surface area contributed by atoms with Crippen molar-refractivity contribution in [3.63, 3.8) is 0 Å². The highest BCUT2D eigenvalue weighted by Gasteiger charge is 2.34. The molecule has 2 aliphatic heterocycles. The van der Waals surface area contributed by atoms with Crippen molar-refractivity contribution in [2.24, 2.45) is 0 Å². The van der Waals surface area contributed by atoms with Crippen LogP contribution in [0.2, 0.25) is 0 Å². The SMILES string of the molecule is CC(NS(=O)(=O)c1ccccc1F)C(=O)N1CCC(N2CCNCC2)C1. The monoisotopic (exact) mass is 384 g/mol. The van der Waals surface area contributed by atoms with Gasteiger partial charge in [0.05, 0.1) is 6.04 Å². The van der Waals surface area contributed by atoms with Gasteiger partial charge < -0.3 is 10.2 Å². The summed E-state index contributed by atoms with van der Waals surface area (Å²) in [4.78, 5) is 16.3. The van der Waals surface area contributed by atoms with E-state index < -0.39 is 26.8 Å². The fourth-order valence-electron chi connectivity index (χ4n) is 3.57. The van der Waals surface area contributed by atoms with Crippen LogP contribution in [-0.4, -0.2) is 75.5 Å². The number of hydrogen-bond acceptors (Lipinski definition) is 5. The first-order valence-electron chi connectivity index (χ1n) is 8.89. The molecule has 2 aliphatic rings. The largest absolute Gasteiger partial charge is 0.340 e. The van der Waals surface area contributed by atoms with Gasteiger partial charge in [-0.25, -0.2) is 12.8 Å². The van der Waals surface area contributed by atoms with E-state index in [-0.39, 0.29) is 5.91 Å². The standard InChI is InChI=1S/C17H25FN4O3S/c1-13(20-26(24,25)16-5-3-2-4-15(16)18)17(23)22-9-6-14(12-22)21-10-7-19-8-11-21/h2-5,13-14,19-20H,6-12H2,1H3. The summed E-state index contributed by atoms with van der Waals surface area (Å²) in [5, 5.41) is 3.31. The average molecular weight is 384 g/mol. The molecule has 3 rings (SSSR count). The number of carbonyl (C=O) groups is 1. The van der Waals surface area contributed by atoms with Crippen LogP contribution in [0.25, 0.3) is 0 Å². The zero-order valence-electron chi connectivity index (χ0n) is 14.8. The lowest BCUT2D eigenvalue weighted by atomic mass is 10.2. The number of likely N-dealkylation sites (tertiary alicyclic amines) is 1. The van der Waals surface area contributed by atoms with E-state index in [1.54, 1.807) is 4.90 Å². The van der Waals surface area contributed by atoms with E-state index >= 15 is 0 Å². The van der Waals surface area contributed by atoms with Gasteiger partial charge in [0.1, 0.15) is 10.7 Å². The molecule has 1 aromatic carbocycles. The Labute approximate surface area is 153 Å². The lowest BCUT2D eigenvalue weighted by Gasteiger charge is -2.32. The summed E-state index contributed by atoms with van der Waals surface area (Å²) in [6.07, 6.45) is 0.887. The molecule has 2 unspecified atom stereocenters. The van der Waals surface area contributed by atoms with E-state index in [4.69, 9.17) is 0 Å². The van der Waals surface area contributed by atoms with Crippen LogP contribution in [0, 0.1) is 5.82 Å². The number of piperazine rings is 1. The van der Waals surface area contributed by atoms with Gasteiger partial charge in [-0.05, 0) is 25.5 Å². The van der Waals surface area contributed by atoms with Gasteiger partial charge >= 0.3 is 0 Å². The third-order valence-electron chi connectivity index (χ3n) is 4.97. The van der Waals surface area contributed by atoms with Gasteiger partial charge in [-0.1, -0.05) is 12.1 Å². The molecular formula is C17H25FN4O3S. The molecule has 0 aromatic heterocycles. The van der Waals surface area contributed by atoms with Gasteiger partial charge in [0.15, 0.2) is 0 Å². The molecule has 0 aliphatic carbocycles. The Balaban J connectivity index is 1.60. The van der Waals surface area contributed by atoms with Gasteiger partial charge in [0, 0.05) is 45.3 Å². The molecule has 7 nitrogen and oxygen atoms in total. The molecule has 9 heteroatoms. The number of sulfonamides is 1. The van der Waals surface area contributed by atoms with Gasteiger partial charge in [-0.2, -0.15) is 4.72 Å². The van der Waals surface area contributed by atoms with Crippen molar-refractivity contribution in [2.75, 3.05) is 39.3 Å². The summed E-state index contributed by atoms with van der Waals surface area (Å²) < 4.78 is 40.8. The van der Waals surface area contributed by atoms with Gasteiger partial charge in [-0.3, -0.25) is 9.69 Å². The topological polar surface area (TPSA) is 81.8 Å². The summed E-state index contributed by atoms with van der Waals surface area (Å²) in [7, 11) is -4.09. The Morgan fingerprint density at radius 3 is 2.65 bits per heavy atom. The van der Waals surface area contributed by atoms with E-state index in [9.17, 15) is 17.6 Å². The number of nitrogens with zero attached hydrogens (tertiary/aromatic N) is 2. The molecule has 144 valence electrons. The minimum absolute atomic E-state index is 0.275. The number of rotatable bonds is 5. The summed E-state index contributed by atoms with van der Waals surface area (Å²) in [5.41, 5.74) is 0. The van der Waals surface area contributed by atoms with Crippen LogP contribution in [0.3, 0.4) is 0 Å². The summed E-state index contributed by atoms with van der Waals surface area (Å²) in [6.45, 7) is 6.53. The first-order valence-corrected chi connectivity index (χ1v) is 10.4. The normalized spacial score (nSPS) is 23.2. The fourth-order valence-corrected chi connectivity index (χ4v) is 4.85. The van der Waals surface area contributed by atoms with Crippen LogP contribution in [0.15, 0.2) is 29.2 Å². The second-order valence-electron chi connectivity index (χ2n) is 6.79. The van der Waals surface area contributed by atoms with Crippen molar-refractivity contribution in [1.29, 1.82) is 0 Å². The lowest BCUT2D eigenvalue weighted by molar-refractivity contribution is -0.131. The highest BCUT2D eigenvalue weighted by molar-refractivity contribution is 7.89. The Kier molecular flexibility index (Phi) is 5.91. The predicted octanol–water partition coefficient (Wildman–Crippen LogP) is -0.00140. The van der Waals surface area contributed by atoms with Crippen LogP contribution in [0.4, 0.5) is 4.39 Å². The van der Waals surface area contributed by atoms with Gasteiger partial charge in [-0.15, -0.1) is 0 Å². The second-order valence-corrected chi connectivity index (χ2v) is 8.47. The Bertz CT molecular complexity index is 752. The zero-order valence-corrected chi connectivity index (χ0v) is 15.6. The number of benzene rings is 1. The average Bonchev–Trinajstić information content (AvgIpc) is 3.11. The van der Waals surface area contributed by atoms with Crippen molar-refractivity contribution >= 4 is 15.9 Å². The molecule has 2 atom stereocenters. The highest BCUT2D eigenvalue weighted by atomic mass is 32.2. The molecular weight excluding hydrogens is 359 g/mol. The molecule has 2 saturated heterocycles. The molecule has 26 heavy (non-hydrogen) atoms. The molecule has 1 amide bonds. The molecule has 0 bridgehead atoms. The quantitative estimate of drug-likeness (QED) is 0.747. The second kappa shape index (κ2) is 7.99. The van der Waals surface area contributed by atoms with Crippen LogP contribution in [-0.2, 0) is 14.8 Å². The predicted molar refractivity (Wildman–Crippen MR) is 95.6 cm³/mol. The zero-order chi connectivity index (χ0) is 18.7. The van der Waals surface area contributed by atoms with Crippen molar-refractivity contribution in [3.8, 4) is 0 Å². The maximum atomic E-state index is 13.8. The lowest BCUT2D eigenvalue weighted by Crippen LogP contribution is -2.50. The number of halogens is 1. The number of carbonyl (C=O) groups excluding carboxylic acids is 1. The maximum Gasteiger partial charge on any atom is 0.244 e. The number of nitrogens with one attached hydrogen (secondary N) is 2. The van der Waals surface area contributed by atoms with Crippen molar-refractivity contribution in [2.45, 2.75) is 30.3 Å². The maximum absolute atomic E-state index is 13.8. The number of hydrogen-bond donors (Lipinski definition) is 2. The van der Waals surface area contributed by atoms with Gasteiger partial charge in [0.2, 0.25) is 15.9 Å². The van der Waals surface area contributed by atoms with E-state index in [2.05, 4.69) is 14.9 Å². The van der Waals surface area contributed by atoms with E-state index in [0.29, 0.717) is 19.1 Å². The Morgan fingerprint density at radius 1 is 1.27 bits per heavy atom. The summed E-state index contributed by atoms with van der Waals surface area (Å²) in [6, 6.07) is 4.51. The first kappa shape index (κ1) is 19.2. The van der Waals surface area contributed by atoms with Crippen LogP contribution < -0.4 is 10.0 Å². The van der Waals surface area contributed by atoms with E-state index in [1.165, 1.54) is 25.1 Å². The van der Waals surface area contributed by atoms with Crippen LogP contribution >= 0.6 is 0 Å². The van der Waals surface area contributed by atoms with Crippen molar-refractivity contribution < 1.29 is 17.6 Å². The molecule has 1 aromatic rings. The Morgan fingerprint density at radius 2 is 1.96 bits per heavy atom. The van der Waals surface area contributed by atoms with E-state index in [0.717, 1.165) is 38.7 Å². The highest BCUT2D eigenvalue weighted by Crippen LogP contribution is 2.18. The smallest absolute Gasteiger partial charge is 0.244 e. The minimum atomic E-state index is -4.09. The van der Waals surface area contributed by atoms with Crippen molar-refractivity contribution in [1.82, 2.24) is 19.8 Å². The third-order valence-corrected chi connectivity index (χ3v) is 6.55. The molecule has 2 heterocycles. The van der Waals surface area contributed by atoms with Crippen molar-refractivity contribution in [3.05, 3.63) is 30.1 Å². The molecule has 0 saturated carbocycles. The van der Waals surface area contributed by atoms with Crippen LogP contribution in [0.1, 0.15) is 13.3 Å². The van der Waals surface area contributed by atoms with E-state index in [1.807, 2.05) is 0 Å². The van der Waals surface area contributed by atoms with Gasteiger partial charge in [0.25, 0.3) is 0 Å². The molecule has 0 spiro atoms. The minimum Gasteiger partial charge on any atom is -0.340 e. The molecule has 2 fully saturated rings. The first-order chi connectivity index (χ1) is 12.4. The molecule has 0 radical (unpaired) electrons. The summed E-state index contributed by atoms with van der Waals surface area (Å²) in [5.74, 6) is -1.11. The van der Waals surface area contributed by atoms with Crippen LogP contribution in [0.5, 0.6) is 0 Å². The summed E-state index contributed by atoms with van der Waals surface area (Å²) >= 11 is 0.